The molecule has 3 aromatic carbocycles. The molecule has 0 bridgehead atoms. The van der Waals surface area contributed by atoms with Gasteiger partial charge in [0.25, 0.3) is 6.43 Å². The summed E-state index contributed by atoms with van der Waals surface area (Å²) in [5.41, 5.74) is -4.48. The second-order valence-corrected chi connectivity index (χ2v) is 11.6. The van der Waals surface area contributed by atoms with E-state index in [2.05, 4.69) is 5.32 Å². The Bertz CT molecular complexity index is 1680. The standard InChI is InChI=1S/C28H15Cl3F9NO3/c29-15-9-18(34)19(7-12(15)20(42)6-11-2-3-16(32)13(24(11)35)8-21(43)25(36)37)41-26(44)23-22(27(23,30)31)10-1-4-17(33)14(5-10)28(38,39)40/h1-5,7,9,22-23,25H,6,8H2,(H,41,44)/t22-,23+/m0/s1. The number of anilines is 1. The first-order valence-corrected chi connectivity index (χ1v) is 13.3. The SMILES string of the molecule is O=C(Cc1ccc(F)c(CC(=O)C(F)F)c1F)c1cc(NC(=O)[C@H]2[C@H](c3ccc(F)c(C(F)(F)F)c3)C2(Cl)Cl)c(F)cc1Cl. The minimum atomic E-state index is -5.06. The van der Waals surface area contributed by atoms with Crippen LogP contribution in [0.2, 0.25) is 5.02 Å². The van der Waals surface area contributed by atoms with Crippen molar-refractivity contribution in [1.82, 2.24) is 0 Å². The largest absolute Gasteiger partial charge is 0.419 e. The number of halogens is 12. The molecule has 0 aliphatic heterocycles. The second-order valence-electron chi connectivity index (χ2n) is 9.71. The van der Waals surface area contributed by atoms with E-state index in [4.69, 9.17) is 34.8 Å². The van der Waals surface area contributed by atoms with Gasteiger partial charge in [0, 0.05) is 29.9 Å². The van der Waals surface area contributed by atoms with Gasteiger partial charge in [0.15, 0.2) is 5.78 Å². The number of nitrogens with one attached hydrogen (secondary N) is 1. The van der Waals surface area contributed by atoms with Gasteiger partial charge in [-0.2, -0.15) is 13.2 Å². The molecule has 4 nitrogen and oxygen atoms in total. The molecule has 3 aromatic rings. The quantitative estimate of drug-likeness (QED) is 0.140. The van der Waals surface area contributed by atoms with Crippen LogP contribution in [0.5, 0.6) is 0 Å². The van der Waals surface area contributed by atoms with Crippen LogP contribution in [-0.4, -0.2) is 28.2 Å². The fourth-order valence-electron chi connectivity index (χ4n) is 4.55. The van der Waals surface area contributed by atoms with Crippen molar-refractivity contribution in [1.29, 1.82) is 0 Å². The van der Waals surface area contributed by atoms with E-state index in [9.17, 15) is 53.9 Å². The van der Waals surface area contributed by atoms with E-state index in [1.807, 2.05) is 0 Å². The highest BCUT2D eigenvalue weighted by Gasteiger charge is 2.67. The van der Waals surface area contributed by atoms with E-state index in [1.165, 1.54) is 0 Å². The van der Waals surface area contributed by atoms with Crippen molar-refractivity contribution in [3.63, 3.8) is 0 Å². The molecule has 1 aliphatic rings. The van der Waals surface area contributed by atoms with Crippen molar-refractivity contribution < 1.29 is 53.9 Å². The lowest BCUT2D eigenvalue weighted by Gasteiger charge is -2.12. The predicted octanol–water partition coefficient (Wildman–Crippen LogP) is 8.24. The van der Waals surface area contributed by atoms with Gasteiger partial charge >= 0.3 is 6.18 Å². The molecule has 0 radical (unpaired) electrons. The molecular formula is C28H15Cl3F9NO3. The summed E-state index contributed by atoms with van der Waals surface area (Å²) >= 11 is 18.2. The van der Waals surface area contributed by atoms with E-state index >= 15 is 0 Å². The maximum absolute atomic E-state index is 14.9. The van der Waals surface area contributed by atoms with Gasteiger partial charge in [0.05, 0.1) is 22.2 Å². The van der Waals surface area contributed by atoms with Gasteiger partial charge in [-0.25, -0.2) is 26.3 Å². The maximum atomic E-state index is 14.9. The lowest BCUT2D eigenvalue weighted by Crippen LogP contribution is -2.19. The minimum Gasteiger partial charge on any atom is -0.323 e. The number of hydrogen-bond donors (Lipinski definition) is 1. The van der Waals surface area contributed by atoms with Crippen LogP contribution in [0.4, 0.5) is 45.2 Å². The highest BCUT2D eigenvalue weighted by Crippen LogP contribution is 2.65. The number of carbonyl (C=O) groups is 3. The fraction of sp³-hybridized carbons (Fsp3) is 0.250. The first-order chi connectivity index (χ1) is 20.3. The van der Waals surface area contributed by atoms with E-state index < -0.39 is 115 Å². The average Bonchev–Trinajstić information content (AvgIpc) is 3.50. The van der Waals surface area contributed by atoms with Crippen molar-refractivity contribution in [3.05, 3.63) is 98.6 Å². The number of Topliss-reactive ketones (excluding diaryl/α,β-unsaturated/α-hetero) is 2. The van der Waals surface area contributed by atoms with E-state index in [-0.39, 0.29) is 5.56 Å². The van der Waals surface area contributed by atoms with Gasteiger partial charge in [0.1, 0.15) is 27.6 Å². The molecule has 44 heavy (non-hydrogen) atoms. The summed E-state index contributed by atoms with van der Waals surface area (Å²) in [5, 5.41) is 1.61. The van der Waals surface area contributed by atoms with Crippen LogP contribution >= 0.6 is 34.8 Å². The summed E-state index contributed by atoms with van der Waals surface area (Å²) in [6.07, 6.45) is -10.7. The lowest BCUT2D eigenvalue weighted by molar-refractivity contribution is -0.140. The van der Waals surface area contributed by atoms with E-state index in [0.29, 0.717) is 24.3 Å². The van der Waals surface area contributed by atoms with Gasteiger partial charge in [0.2, 0.25) is 11.7 Å². The number of hydrogen-bond acceptors (Lipinski definition) is 3. The summed E-state index contributed by atoms with van der Waals surface area (Å²) in [6, 6.07) is 4.78. The predicted molar refractivity (Wildman–Crippen MR) is 141 cm³/mol. The minimum absolute atomic E-state index is 0.229. The summed E-state index contributed by atoms with van der Waals surface area (Å²) in [6.45, 7) is 0. The Morgan fingerprint density at radius 3 is 2.14 bits per heavy atom. The van der Waals surface area contributed by atoms with Gasteiger partial charge < -0.3 is 5.32 Å². The van der Waals surface area contributed by atoms with Crippen LogP contribution < -0.4 is 5.32 Å². The molecule has 1 saturated carbocycles. The Morgan fingerprint density at radius 1 is 0.886 bits per heavy atom. The first kappa shape index (κ1) is 33.6. The Morgan fingerprint density at radius 2 is 1.52 bits per heavy atom. The van der Waals surface area contributed by atoms with Crippen molar-refractivity contribution in [3.8, 4) is 0 Å². The zero-order valence-corrected chi connectivity index (χ0v) is 23.7. The highest BCUT2D eigenvalue weighted by atomic mass is 35.5. The lowest BCUT2D eigenvalue weighted by atomic mass is 9.98. The third-order valence-electron chi connectivity index (χ3n) is 6.82. The smallest absolute Gasteiger partial charge is 0.323 e. The summed E-state index contributed by atoms with van der Waals surface area (Å²) in [5.74, 6) is -12.0. The number of ketones is 2. The average molecular weight is 691 g/mol. The Labute approximate surface area is 257 Å². The Balaban J connectivity index is 1.57. The fourth-order valence-corrected chi connectivity index (χ4v) is 5.64. The highest BCUT2D eigenvalue weighted by molar-refractivity contribution is 6.53. The molecule has 1 amide bonds. The first-order valence-electron chi connectivity index (χ1n) is 12.2. The van der Waals surface area contributed by atoms with Crippen molar-refractivity contribution in [2.75, 3.05) is 5.32 Å². The molecule has 1 N–H and O–H groups in total. The summed E-state index contributed by atoms with van der Waals surface area (Å²) < 4.78 is 120. The maximum Gasteiger partial charge on any atom is 0.419 e. The third kappa shape index (κ3) is 6.69. The van der Waals surface area contributed by atoms with Gasteiger partial charge in [-0.3, -0.25) is 14.4 Å². The Hall–Kier alpha value is -3.29. The van der Waals surface area contributed by atoms with Crippen molar-refractivity contribution in [2.45, 2.75) is 35.7 Å². The summed E-state index contributed by atoms with van der Waals surface area (Å²) in [4.78, 5) is 37.2. The molecule has 0 saturated heterocycles. The zero-order chi connectivity index (χ0) is 32.9. The molecule has 0 unspecified atom stereocenters. The third-order valence-corrected chi connectivity index (χ3v) is 8.07. The number of rotatable bonds is 9. The topological polar surface area (TPSA) is 63.2 Å². The number of amides is 1. The van der Waals surface area contributed by atoms with Crippen molar-refractivity contribution >= 4 is 58.0 Å². The number of benzene rings is 3. The normalized spacial score (nSPS) is 17.5. The molecule has 4 rings (SSSR count). The molecule has 1 aliphatic carbocycles. The molecule has 0 heterocycles. The Kier molecular flexibility index (Phi) is 9.35. The molecule has 1 fully saturated rings. The number of carbonyl (C=O) groups excluding carboxylic acids is 3. The van der Waals surface area contributed by atoms with Gasteiger partial charge in [-0.1, -0.05) is 23.7 Å². The van der Waals surface area contributed by atoms with Crippen LogP contribution in [0.15, 0.2) is 42.5 Å². The van der Waals surface area contributed by atoms with Gasteiger partial charge in [-0.15, -0.1) is 23.2 Å². The van der Waals surface area contributed by atoms with Gasteiger partial charge in [-0.05, 0) is 41.5 Å². The molecular weight excluding hydrogens is 676 g/mol. The zero-order valence-electron chi connectivity index (χ0n) is 21.4. The molecule has 16 heteroatoms. The van der Waals surface area contributed by atoms with Crippen LogP contribution in [-0.2, 0) is 28.6 Å². The summed E-state index contributed by atoms with van der Waals surface area (Å²) in [7, 11) is 0. The van der Waals surface area contributed by atoms with Crippen LogP contribution in [0, 0.1) is 29.2 Å². The molecule has 234 valence electrons. The van der Waals surface area contributed by atoms with E-state index in [1.54, 1.807) is 0 Å². The second kappa shape index (κ2) is 12.2. The molecule has 0 spiro atoms. The van der Waals surface area contributed by atoms with Crippen LogP contribution in [0.3, 0.4) is 0 Å². The monoisotopic (exact) mass is 689 g/mol. The van der Waals surface area contributed by atoms with Crippen LogP contribution in [0.25, 0.3) is 0 Å². The number of alkyl halides is 7. The van der Waals surface area contributed by atoms with Crippen LogP contribution in [0.1, 0.15) is 38.5 Å². The van der Waals surface area contributed by atoms with E-state index in [0.717, 1.165) is 18.2 Å². The molecule has 0 aromatic heterocycles. The van der Waals surface area contributed by atoms with Crippen molar-refractivity contribution in [2.24, 2.45) is 5.92 Å². The molecule has 2 atom stereocenters.